The van der Waals surface area contributed by atoms with E-state index in [1.165, 1.54) is 11.3 Å². The fraction of sp³-hybridized carbons (Fsp3) is 0.167. The van der Waals surface area contributed by atoms with E-state index < -0.39 is 23.6 Å². The molecular formula is C12H10ClF4NS. The molecule has 1 nitrogen and oxygen atoms in total. The summed E-state index contributed by atoms with van der Waals surface area (Å²) in [6, 6.07) is 3.31. The molecule has 104 valence electrons. The maximum absolute atomic E-state index is 13.2. The Morgan fingerprint density at radius 1 is 1.11 bits per heavy atom. The molecule has 0 saturated heterocycles. The van der Waals surface area contributed by atoms with Crippen molar-refractivity contribution in [3.05, 3.63) is 57.5 Å². The zero-order valence-electron chi connectivity index (χ0n) is 9.45. The van der Waals surface area contributed by atoms with Crippen LogP contribution >= 0.6 is 23.7 Å². The molecule has 0 unspecified atom stereocenters. The zero-order valence-corrected chi connectivity index (χ0v) is 11.1. The van der Waals surface area contributed by atoms with Crippen molar-refractivity contribution in [2.24, 2.45) is 5.73 Å². The summed E-state index contributed by atoms with van der Waals surface area (Å²) >= 11 is 1.38. The standard InChI is InChI=1S/C12H9F4NS.ClH/c13-10-4-8(3-9(5-10)12(14,15)16)11(17)7-1-2-18-6-7;/h1-6,11H,17H2;1H/t11-;/m1./s1. The highest BCUT2D eigenvalue weighted by Crippen LogP contribution is 2.32. The summed E-state index contributed by atoms with van der Waals surface area (Å²) in [7, 11) is 0. The van der Waals surface area contributed by atoms with Crippen LogP contribution in [0.1, 0.15) is 22.7 Å². The van der Waals surface area contributed by atoms with Crippen molar-refractivity contribution >= 4 is 23.7 Å². The van der Waals surface area contributed by atoms with Crippen molar-refractivity contribution in [3.8, 4) is 0 Å². The number of hydrogen-bond donors (Lipinski definition) is 1. The lowest BCUT2D eigenvalue weighted by atomic mass is 10.00. The minimum Gasteiger partial charge on any atom is -0.320 e. The van der Waals surface area contributed by atoms with Gasteiger partial charge in [-0.15, -0.1) is 12.4 Å². The van der Waals surface area contributed by atoms with E-state index in [-0.39, 0.29) is 18.0 Å². The average Bonchev–Trinajstić information content (AvgIpc) is 2.79. The SMILES string of the molecule is Cl.N[C@H](c1ccsc1)c1cc(F)cc(C(F)(F)F)c1. The summed E-state index contributed by atoms with van der Waals surface area (Å²) in [5.74, 6) is -0.939. The molecule has 0 fully saturated rings. The summed E-state index contributed by atoms with van der Waals surface area (Å²) in [6.07, 6.45) is -4.58. The summed E-state index contributed by atoms with van der Waals surface area (Å²) < 4.78 is 50.9. The molecule has 1 heterocycles. The Morgan fingerprint density at radius 3 is 2.32 bits per heavy atom. The summed E-state index contributed by atoms with van der Waals surface area (Å²) in [5.41, 5.74) is 5.57. The highest BCUT2D eigenvalue weighted by atomic mass is 35.5. The second kappa shape index (κ2) is 5.90. The van der Waals surface area contributed by atoms with Gasteiger partial charge >= 0.3 is 6.18 Å². The first-order chi connectivity index (χ1) is 8.38. The number of halogens is 5. The largest absolute Gasteiger partial charge is 0.416 e. The molecule has 1 atom stereocenters. The quantitative estimate of drug-likeness (QED) is 0.819. The van der Waals surface area contributed by atoms with Gasteiger partial charge in [0, 0.05) is 0 Å². The summed E-state index contributed by atoms with van der Waals surface area (Å²) in [4.78, 5) is 0. The molecule has 0 saturated carbocycles. The van der Waals surface area contributed by atoms with Gasteiger partial charge in [-0.05, 0) is 46.2 Å². The van der Waals surface area contributed by atoms with Gasteiger partial charge in [-0.1, -0.05) is 0 Å². The fourth-order valence-corrected chi connectivity index (χ4v) is 2.30. The topological polar surface area (TPSA) is 26.0 Å². The predicted molar refractivity (Wildman–Crippen MR) is 69.0 cm³/mol. The Kier molecular flexibility index (Phi) is 4.95. The molecule has 0 aliphatic heterocycles. The first-order valence-electron chi connectivity index (χ1n) is 5.03. The van der Waals surface area contributed by atoms with Crippen LogP contribution in [0.25, 0.3) is 0 Å². The molecule has 0 spiro atoms. The van der Waals surface area contributed by atoms with Crippen LogP contribution < -0.4 is 5.73 Å². The van der Waals surface area contributed by atoms with E-state index in [1.807, 2.05) is 0 Å². The summed E-state index contributed by atoms with van der Waals surface area (Å²) in [5, 5.41) is 3.49. The van der Waals surface area contributed by atoms with E-state index in [0.717, 1.165) is 12.1 Å². The van der Waals surface area contributed by atoms with Crippen LogP contribution in [0.5, 0.6) is 0 Å². The van der Waals surface area contributed by atoms with Crippen LogP contribution in [-0.2, 0) is 6.18 Å². The molecular weight excluding hydrogens is 302 g/mol. The Hall–Kier alpha value is -1.11. The van der Waals surface area contributed by atoms with Crippen LogP contribution in [0, 0.1) is 5.82 Å². The molecule has 2 aromatic rings. The van der Waals surface area contributed by atoms with Crippen LogP contribution in [-0.4, -0.2) is 0 Å². The third-order valence-corrected chi connectivity index (χ3v) is 3.21. The first kappa shape index (κ1) is 15.9. The third kappa shape index (κ3) is 3.68. The Balaban J connectivity index is 0.00000180. The Labute approximate surface area is 117 Å². The van der Waals surface area contributed by atoms with Crippen LogP contribution in [0.3, 0.4) is 0 Å². The lowest BCUT2D eigenvalue weighted by molar-refractivity contribution is -0.137. The predicted octanol–water partition coefficient (Wildman–Crippen LogP) is 4.38. The molecule has 0 radical (unpaired) electrons. The number of rotatable bonds is 2. The molecule has 0 amide bonds. The maximum atomic E-state index is 13.2. The van der Waals surface area contributed by atoms with E-state index in [1.54, 1.807) is 16.8 Å². The van der Waals surface area contributed by atoms with Gasteiger partial charge in [0.25, 0.3) is 0 Å². The van der Waals surface area contributed by atoms with Gasteiger partial charge in [0.05, 0.1) is 11.6 Å². The van der Waals surface area contributed by atoms with Crippen molar-refractivity contribution in [1.29, 1.82) is 0 Å². The average molecular weight is 312 g/mol. The van der Waals surface area contributed by atoms with Crippen LogP contribution in [0.4, 0.5) is 17.6 Å². The minimum absolute atomic E-state index is 0. The lowest BCUT2D eigenvalue weighted by Gasteiger charge is -2.14. The van der Waals surface area contributed by atoms with E-state index in [9.17, 15) is 17.6 Å². The van der Waals surface area contributed by atoms with E-state index >= 15 is 0 Å². The maximum Gasteiger partial charge on any atom is 0.416 e. The fourth-order valence-electron chi connectivity index (χ4n) is 1.60. The lowest BCUT2D eigenvalue weighted by Crippen LogP contribution is -2.14. The van der Waals surface area contributed by atoms with Crippen molar-refractivity contribution in [1.82, 2.24) is 0 Å². The van der Waals surface area contributed by atoms with Crippen LogP contribution in [0.15, 0.2) is 35.0 Å². The van der Waals surface area contributed by atoms with Gasteiger partial charge in [-0.2, -0.15) is 24.5 Å². The van der Waals surface area contributed by atoms with Crippen LogP contribution in [0.2, 0.25) is 0 Å². The van der Waals surface area contributed by atoms with Gasteiger partial charge < -0.3 is 5.73 Å². The number of nitrogens with two attached hydrogens (primary N) is 1. The van der Waals surface area contributed by atoms with Gasteiger partial charge in [-0.25, -0.2) is 4.39 Å². The van der Waals surface area contributed by atoms with E-state index in [2.05, 4.69) is 0 Å². The minimum atomic E-state index is -4.58. The Morgan fingerprint density at radius 2 is 1.79 bits per heavy atom. The first-order valence-corrected chi connectivity index (χ1v) is 5.97. The highest BCUT2D eigenvalue weighted by molar-refractivity contribution is 7.08. The molecule has 2 rings (SSSR count). The van der Waals surface area contributed by atoms with Crippen molar-refractivity contribution in [3.63, 3.8) is 0 Å². The molecule has 1 aromatic heterocycles. The number of thiophene rings is 1. The molecule has 0 aliphatic rings. The molecule has 0 aliphatic carbocycles. The number of alkyl halides is 3. The molecule has 19 heavy (non-hydrogen) atoms. The molecule has 0 bridgehead atoms. The number of benzene rings is 1. The molecule has 7 heteroatoms. The molecule has 2 N–H and O–H groups in total. The Bertz CT molecular complexity index is 539. The normalized spacial score (nSPS) is 12.9. The van der Waals surface area contributed by atoms with Gasteiger partial charge in [0.2, 0.25) is 0 Å². The third-order valence-electron chi connectivity index (χ3n) is 2.51. The van der Waals surface area contributed by atoms with Crippen molar-refractivity contribution < 1.29 is 17.6 Å². The second-order valence-electron chi connectivity index (χ2n) is 3.81. The van der Waals surface area contributed by atoms with E-state index in [0.29, 0.717) is 11.6 Å². The monoisotopic (exact) mass is 311 g/mol. The summed E-state index contributed by atoms with van der Waals surface area (Å²) in [6.45, 7) is 0. The smallest absolute Gasteiger partial charge is 0.320 e. The van der Waals surface area contributed by atoms with E-state index in [4.69, 9.17) is 5.73 Å². The second-order valence-corrected chi connectivity index (χ2v) is 4.59. The van der Waals surface area contributed by atoms with Crippen molar-refractivity contribution in [2.75, 3.05) is 0 Å². The van der Waals surface area contributed by atoms with Gasteiger partial charge in [0.15, 0.2) is 0 Å². The van der Waals surface area contributed by atoms with Crippen molar-refractivity contribution in [2.45, 2.75) is 12.2 Å². The zero-order chi connectivity index (χ0) is 13.3. The van der Waals surface area contributed by atoms with Gasteiger partial charge in [-0.3, -0.25) is 0 Å². The van der Waals surface area contributed by atoms with Gasteiger partial charge in [0.1, 0.15) is 5.82 Å². The highest BCUT2D eigenvalue weighted by Gasteiger charge is 2.31. The number of hydrogen-bond acceptors (Lipinski definition) is 2. The molecule has 1 aromatic carbocycles.